The number of amides is 2. The van der Waals surface area contributed by atoms with Gasteiger partial charge in [0.2, 0.25) is 0 Å². The Hall–Kier alpha value is -3.75. The Morgan fingerprint density at radius 2 is 1.15 bits per heavy atom. The van der Waals surface area contributed by atoms with Crippen LogP contribution in [-0.4, -0.2) is 39.6 Å². The molecule has 6 N–H and O–H groups in total. The Morgan fingerprint density at radius 3 is 1.58 bits per heavy atom. The van der Waals surface area contributed by atoms with Crippen LogP contribution in [0.4, 0.5) is 17.1 Å². The van der Waals surface area contributed by atoms with E-state index in [9.17, 15) is 14.4 Å². The highest BCUT2D eigenvalue weighted by Crippen LogP contribution is 2.16. The van der Waals surface area contributed by atoms with E-state index in [1.165, 1.54) is 25.4 Å². The summed E-state index contributed by atoms with van der Waals surface area (Å²) in [6, 6.07) is 4.75. The summed E-state index contributed by atoms with van der Waals surface area (Å²) in [5, 5.41) is 8.28. The summed E-state index contributed by atoms with van der Waals surface area (Å²) in [6.07, 6.45) is 4.73. The third-order valence-electron chi connectivity index (χ3n) is 3.72. The zero-order valence-electron chi connectivity index (χ0n) is 14.2. The van der Waals surface area contributed by atoms with Crippen LogP contribution in [0.3, 0.4) is 0 Å². The maximum atomic E-state index is 12.2. The average Bonchev–Trinajstić information content (AvgIpc) is 3.34. The molecule has 0 bridgehead atoms. The van der Waals surface area contributed by atoms with Crippen molar-refractivity contribution >= 4 is 34.7 Å². The number of ketones is 1. The molecule has 0 fully saturated rings. The second kappa shape index (κ2) is 7.01. The minimum atomic E-state index is -0.392. The Bertz CT molecular complexity index is 965. The Kier molecular flexibility index (Phi) is 4.61. The molecular weight excluding hydrogens is 336 g/mol. The van der Waals surface area contributed by atoms with Gasteiger partial charge in [0.25, 0.3) is 11.8 Å². The van der Waals surface area contributed by atoms with E-state index in [4.69, 9.17) is 0 Å². The summed E-state index contributed by atoms with van der Waals surface area (Å²) in [7, 11) is 1.76. The van der Waals surface area contributed by atoms with E-state index in [0.29, 0.717) is 22.8 Å². The molecule has 9 heteroatoms. The molecule has 0 aromatic carbocycles. The van der Waals surface area contributed by atoms with Gasteiger partial charge in [-0.05, 0) is 18.2 Å². The second-order valence-corrected chi connectivity index (χ2v) is 5.62. The summed E-state index contributed by atoms with van der Waals surface area (Å²) < 4.78 is 0. The fourth-order valence-corrected chi connectivity index (χ4v) is 2.33. The van der Waals surface area contributed by atoms with E-state index in [1.54, 1.807) is 25.4 Å². The highest BCUT2D eigenvalue weighted by atomic mass is 16.2. The number of carbonyl (C=O) groups is 3. The highest BCUT2D eigenvalue weighted by Gasteiger charge is 2.13. The van der Waals surface area contributed by atoms with Crippen molar-refractivity contribution in [2.75, 3.05) is 23.0 Å². The lowest BCUT2D eigenvalue weighted by Crippen LogP contribution is -2.12. The number of anilines is 3. The molecule has 0 aliphatic carbocycles. The fourth-order valence-electron chi connectivity index (χ4n) is 2.33. The van der Waals surface area contributed by atoms with Crippen LogP contribution in [0.15, 0.2) is 36.8 Å². The van der Waals surface area contributed by atoms with Crippen molar-refractivity contribution in [2.45, 2.75) is 6.92 Å². The molecule has 0 atom stereocenters. The molecule has 3 aromatic rings. The maximum Gasteiger partial charge on any atom is 0.272 e. The number of Topliss-reactive ketones (excluding diaryl/α,β-unsaturated/α-hetero) is 1. The van der Waals surface area contributed by atoms with Crippen LogP contribution < -0.4 is 16.0 Å². The lowest BCUT2D eigenvalue weighted by Gasteiger charge is -2.00. The molecule has 2 amide bonds. The molecule has 3 aromatic heterocycles. The van der Waals surface area contributed by atoms with E-state index >= 15 is 0 Å². The molecule has 3 rings (SSSR count). The van der Waals surface area contributed by atoms with Crippen molar-refractivity contribution in [3.63, 3.8) is 0 Å². The summed E-state index contributed by atoms with van der Waals surface area (Å²) in [5.41, 5.74) is 2.80. The largest absolute Gasteiger partial charge is 0.387 e. The first-order valence-electron chi connectivity index (χ1n) is 7.83. The van der Waals surface area contributed by atoms with E-state index in [2.05, 4.69) is 30.9 Å². The van der Waals surface area contributed by atoms with Crippen LogP contribution in [-0.2, 0) is 0 Å². The summed E-state index contributed by atoms with van der Waals surface area (Å²) in [4.78, 5) is 44.1. The van der Waals surface area contributed by atoms with Crippen LogP contribution in [0.25, 0.3) is 0 Å². The molecular formula is C17H18N6O3. The topological polar surface area (TPSA) is 135 Å². The molecule has 0 aliphatic heterocycles. The van der Waals surface area contributed by atoms with Crippen LogP contribution >= 0.6 is 0 Å². The minimum Gasteiger partial charge on any atom is -0.387 e. The Morgan fingerprint density at radius 1 is 0.731 bits per heavy atom. The lowest BCUT2D eigenvalue weighted by molar-refractivity contribution is 0.100. The quantitative estimate of drug-likeness (QED) is 0.379. The van der Waals surface area contributed by atoms with Crippen LogP contribution in [0, 0.1) is 0 Å². The summed E-state index contributed by atoms with van der Waals surface area (Å²) >= 11 is 0. The summed E-state index contributed by atoms with van der Waals surface area (Å²) in [6.45, 7) is 1.43. The van der Waals surface area contributed by atoms with Gasteiger partial charge in [-0.3, -0.25) is 14.4 Å². The highest BCUT2D eigenvalue weighted by molar-refractivity contribution is 6.07. The standard InChI is InChI=1S/C17H18N6O3/c1-9(24)13-4-11(7-19-13)22-17(26)15-5-12(8-21-15)23-16(25)14-3-10(18-2)6-20-14/h3-8,18-21H,1-2H3,(H,22,26)(H,23,25). The van der Waals surface area contributed by atoms with E-state index in [-0.39, 0.29) is 17.4 Å². The van der Waals surface area contributed by atoms with Gasteiger partial charge in [-0.1, -0.05) is 0 Å². The van der Waals surface area contributed by atoms with Gasteiger partial charge in [-0.2, -0.15) is 0 Å². The van der Waals surface area contributed by atoms with Gasteiger partial charge in [-0.15, -0.1) is 0 Å². The first-order valence-corrected chi connectivity index (χ1v) is 7.83. The van der Waals surface area contributed by atoms with Gasteiger partial charge in [-0.25, -0.2) is 0 Å². The number of carbonyl (C=O) groups excluding carboxylic acids is 3. The number of hydrogen-bond donors (Lipinski definition) is 6. The number of hydrogen-bond acceptors (Lipinski definition) is 4. The number of nitrogens with one attached hydrogen (secondary N) is 6. The molecule has 3 heterocycles. The fraction of sp³-hybridized carbons (Fsp3) is 0.118. The third-order valence-corrected chi connectivity index (χ3v) is 3.72. The molecule has 134 valence electrons. The van der Waals surface area contributed by atoms with Gasteiger partial charge in [0.1, 0.15) is 11.4 Å². The van der Waals surface area contributed by atoms with Gasteiger partial charge in [0, 0.05) is 32.6 Å². The zero-order valence-corrected chi connectivity index (χ0v) is 14.2. The van der Waals surface area contributed by atoms with Crippen LogP contribution in [0.5, 0.6) is 0 Å². The first-order chi connectivity index (χ1) is 12.5. The number of H-pyrrole nitrogens is 3. The zero-order chi connectivity index (χ0) is 18.7. The SMILES string of the molecule is CNc1c[nH]c(C(=O)Nc2c[nH]c(C(=O)Nc3c[nH]c(C(C)=O)c3)c2)c1. The maximum absolute atomic E-state index is 12.2. The van der Waals surface area contributed by atoms with Gasteiger partial charge in [0.05, 0.1) is 22.8 Å². The van der Waals surface area contributed by atoms with Crippen molar-refractivity contribution < 1.29 is 14.4 Å². The monoisotopic (exact) mass is 354 g/mol. The molecule has 0 spiro atoms. The van der Waals surface area contributed by atoms with E-state index in [1.807, 2.05) is 0 Å². The normalized spacial score (nSPS) is 10.4. The number of rotatable bonds is 6. The molecule has 0 saturated carbocycles. The van der Waals surface area contributed by atoms with E-state index in [0.717, 1.165) is 5.69 Å². The summed E-state index contributed by atoms with van der Waals surface area (Å²) in [5.74, 6) is -0.841. The molecule has 9 nitrogen and oxygen atoms in total. The third kappa shape index (κ3) is 3.66. The molecule has 0 aliphatic rings. The van der Waals surface area contributed by atoms with E-state index < -0.39 is 5.91 Å². The minimum absolute atomic E-state index is 0.124. The lowest BCUT2D eigenvalue weighted by atomic mass is 10.3. The van der Waals surface area contributed by atoms with Crippen molar-refractivity contribution in [3.8, 4) is 0 Å². The molecule has 0 radical (unpaired) electrons. The molecule has 26 heavy (non-hydrogen) atoms. The predicted molar refractivity (Wildman–Crippen MR) is 97.8 cm³/mol. The Balaban J connectivity index is 1.63. The van der Waals surface area contributed by atoms with Gasteiger partial charge >= 0.3 is 0 Å². The van der Waals surface area contributed by atoms with Crippen molar-refractivity contribution in [1.29, 1.82) is 0 Å². The van der Waals surface area contributed by atoms with Crippen molar-refractivity contribution in [2.24, 2.45) is 0 Å². The molecule has 0 saturated heterocycles. The Labute approximate surface area is 148 Å². The number of aromatic amines is 3. The van der Waals surface area contributed by atoms with Crippen LogP contribution in [0.1, 0.15) is 38.4 Å². The van der Waals surface area contributed by atoms with Crippen molar-refractivity contribution in [3.05, 3.63) is 53.9 Å². The van der Waals surface area contributed by atoms with Crippen LogP contribution in [0.2, 0.25) is 0 Å². The predicted octanol–water partition coefficient (Wildman–Crippen LogP) is 2.42. The van der Waals surface area contributed by atoms with Gasteiger partial charge in [0.15, 0.2) is 5.78 Å². The van der Waals surface area contributed by atoms with Gasteiger partial charge < -0.3 is 30.9 Å². The van der Waals surface area contributed by atoms with Crippen molar-refractivity contribution in [1.82, 2.24) is 15.0 Å². The first kappa shape index (κ1) is 17.1. The second-order valence-electron chi connectivity index (χ2n) is 5.62. The number of aromatic nitrogens is 3. The smallest absolute Gasteiger partial charge is 0.272 e. The molecule has 0 unspecified atom stereocenters. The average molecular weight is 354 g/mol.